The van der Waals surface area contributed by atoms with Crippen molar-refractivity contribution in [2.45, 2.75) is 20.1 Å². The average Bonchev–Trinajstić information content (AvgIpc) is 2.12. The second-order valence-corrected chi connectivity index (χ2v) is 3.44. The molecule has 3 amide bonds. The SMILES string of the molecule is CC(=O)OC1C(=O)N(C)CC(=O)N1C(C)=O. The largest absolute Gasteiger partial charge is 0.431 e. The van der Waals surface area contributed by atoms with E-state index in [4.69, 9.17) is 0 Å². The van der Waals surface area contributed by atoms with Crippen LogP contribution < -0.4 is 0 Å². The topological polar surface area (TPSA) is 84.0 Å². The smallest absolute Gasteiger partial charge is 0.305 e. The van der Waals surface area contributed by atoms with Crippen LogP contribution in [-0.2, 0) is 23.9 Å². The Kier molecular flexibility index (Phi) is 3.26. The van der Waals surface area contributed by atoms with Crippen molar-refractivity contribution in [1.29, 1.82) is 0 Å². The van der Waals surface area contributed by atoms with E-state index in [0.29, 0.717) is 4.90 Å². The Morgan fingerprint density at radius 1 is 1.31 bits per heavy atom. The second-order valence-electron chi connectivity index (χ2n) is 3.44. The van der Waals surface area contributed by atoms with Gasteiger partial charge in [-0.25, -0.2) is 4.90 Å². The standard InChI is InChI=1S/C9H12N2O5/c1-5(12)11-7(14)4-10(3)8(15)9(11)16-6(2)13/h9H,4H2,1-3H3. The highest BCUT2D eigenvalue weighted by Crippen LogP contribution is 2.13. The van der Waals surface area contributed by atoms with Crippen LogP contribution in [0, 0.1) is 0 Å². The van der Waals surface area contributed by atoms with Gasteiger partial charge in [0, 0.05) is 20.9 Å². The molecule has 0 aliphatic carbocycles. The summed E-state index contributed by atoms with van der Waals surface area (Å²) in [6, 6.07) is 0. The molecule has 88 valence electrons. The van der Waals surface area contributed by atoms with Crippen molar-refractivity contribution in [2.75, 3.05) is 13.6 Å². The van der Waals surface area contributed by atoms with Gasteiger partial charge >= 0.3 is 5.97 Å². The number of piperazine rings is 1. The van der Waals surface area contributed by atoms with Crippen molar-refractivity contribution in [3.8, 4) is 0 Å². The molecule has 7 nitrogen and oxygen atoms in total. The van der Waals surface area contributed by atoms with Crippen molar-refractivity contribution in [2.24, 2.45) is 0 Å². The van der Waals surface area contributed by atoms with Crippen LogP contribution in [-0.4, -0.2) is 53.3 Å². The molecule has 0 spiro atoms. The number of rotatable bonds is 1. The molecule has 16 heavy (non-hydrogen) atoms. The maximum atomic E-state index is 11.6. The lowest BCUT2D eigenvalue weighted by Gasteiger charge is -2.35. The van der Waals surface area contributed by atoms with Crippen molar-refractivity contribution in [3.05, 3.63) is 0 Å². The summed E-state index contributed by atoms with van der Waals surface area (Å²) < 4.78 is 4.67. The summed E-state index contributed by atoms with van der Waals surface area (Å²) in [5.41, 5.74) is 0. The van der Waals surface area contributed by atoms with E-state index >= 15 is 0 Å². The zero-order valence-corrected chi connectivity index (χ0v) is 9.22. The molecule has 1 aliphatic rings. The summed E-state index contributed by atoms with van der Waals surface area (Å²) in [5.74, 6) is -2.52. The van der Waals surface area contributed by atoms with Crippen LogP contribution in [0.15, 0.2) is 0 Å². The minimum absolute atomic E-state index is 0.198. The van der Waals surface area contributed by atoms with Gasteiger partial charge in [-0.15, -0.1) is 0 Å². The van der Waals surface area contributed by atoms with Crippen LogP contribution in [0.1, 0.15) is 13.8 Å². The third kappa shape index (κ3) is 2.18. The molecule has 1 fully saturated rings. The molecule has 0 aromatic heterocycles. The van der Waals surface area contributed by atoms with Crippen LogP contribution in [0.3, 0.4) is 0 Å². The Balaban J connectivity index is 3.01. The summed E-state index contributed by atoms with van der Waals surface area (Å²) in [7, 11) is 1.40. The van der Waals surface area contributed by atoms with Gasteiger partial charge < -0.3 is 9.64 Å². The van der Waals surface area contributed by atoms with E-state index in [1.165, 1.54) is 7.05 Å². The summed E-state index contributed by atoms with van der Waals surface area (Å²) in [5, 5.41) is 0. The van der Waals surface area contributed by atoms with Gasteiger partial charge in [0.2, 0.25) is 5.91 Å². The number of amides is 3. The maximum absolute atomic E-state index is 11.6. The van der Waals surface area contributed by atoms with Gasteiger partial charge in [-0.05, 0) is 0 Å². The first-order valence-electron chi connectivity index (χ1n) is 4.59. The molecule has 0 aromatic rings. The monoisotopic (exact) mass is 228 g/mol. The van der Waals surface area contributed by atoms with E-state index in [1.54, 1.807) is 0 Å². The Morgan fingerprint density at radius 2 is 1.88 bits per heavy atom. The Bertz CT molecular complexity index is 365. The number of carbonyl (C=O) groups is 4. The molecule has 0 N–H and O–H groups in total. The first-order valence-corrected chi connectivity index (χ1v) is 4.59. The maximum Gasteiger partial charge on any atom is 0.305 e. The number of imide groups is 1. The molecule has 1 rings (SSSR count). The number of ether oxygens (including phenoxy) is 1. The molecule has 0 bridgehead atoms. The molecule has 0 aromatic carbocycles. The number of nitrogens with zero attached hydrogens (tertiary/aromatic N) is 2. The molecular formula is C9H12N2O5. The third-order valence-electron chi connectivity index (χ3n) is 2.08. The minimum atomic E-state index is -1.47. The number of carbonyl (C=O) groups excluding carboxylic acids is 4. The summed E-state index contributed by atoms with van der Waals surface area (Å²) in [6.07, 6.45) is -1.47. The van der Waals surface area contributed by atoms with E-state index in [2.05, 4.69) is 4.74 Å². The van der Waals surface area contributed by atoms with Gasteiger partial charge in [-0.3, -0.25) is 19.2 Å². The second kappa shape index (κ2) is 4.30. The molecular weight excluding hydrogens is 216 g/mol. The lowest BCUT2D eigenvalue weighted by molar-refractivity contribution is -0.185. The van der Waals surface area contributed by atoms with Gasteiger partial charge in [0.05, 0.1) is 0 Å². The van der Waals surface area contributed by atoms with Gasteiger partial charge in [0.25, 0.3) is 18.0 Å². The summed E-state index contributed by atoms with van der Waals surface area (Å²) in [6.45, 7) is 2.04. The lowest BCUT2D eigenvalue weighted by Crippen LogP contribution is -2.61. The predicted octanol–water partition coefficient (Wildman–Crippen LogP) is -1.28. The van der Waals surface area contributed by atoms with E-state index in [-0.39, 0.29) is 6.54 Å². The van der Waals surface area contributed by atoms with Crippen molar-refractivity contribution < 1.29 is 23.9 Å². The zero-order valence-electron chi connectivity index (χ0n) is 9.22. The van der Waals surface area contributed by atoms with E-state index in [1.807, 2.05) is 0 Å². The van der Waals surface area contributed by atoms with E-state index in [0.717, 1.165) is 18.7 Å². The highest BCUT2D eigenvalue weighted by Gasteiger charge is 2.42. The zero-order chi connectivity index (χ0) is 12.5. The van der Waals surface area contributed by atoms with Gasteiger partial charge in [-0.2, -0.15) is 0 Å². The van der Waals surface area contributed by atoms with E-state index < -0.39 is 29.9 Å². The predicted molar refractivity (Wildman–Crippen MR) is 50.7 cm³/mol. The fourth-order valence-corrected chi connectivity index (χ4v) is 1.39. The first-order chi connectivity index (χ1) is 7.34. The van der Waals surface area contributed by atoms with Crippen LogP contribution in [0.25, 0.3) is 0 Å². The molecule has 1 heterocycles. The minimum Gasteiger partial charge on any atom is -0.431 e. The Hall–Kier alpha value is -1.92. The number of likely N-dealkylation sites (N-methyl/N-ethyl adjacent to an activating group) is 1. The number of esters is 1. The molecule has 1 atom stereocenters. The van der Waals surface area contributed by atoms with Crippen molar-refractivity contribution >= 4 is 23.7 Å². The van der Waals surface area contributed by atoms with Crippen molar-refractivity contribution in [3.63, 3.8) is 0 Å². The van der Waals surface area contributed by atoms with Crippen LogP contribution >= 0.6 is 0 Å². The highest BCUT2D eigenvalue weighted by molar-refractivity contribution is 6.04. The Labute approximate surface area is 91.9 Å². The van der Waals surface area contributed by atoms with Gasteiger partial charge in [0.1, 0.15) is 6.54 Å². The molecule has 1 saturated heterocycles. The molecule has 1 aliphatic heterocycles. The summed E-state index contributed by atoms with van der Waals surface area (Å²) in [4.78, 5) is 46.9. The highest BCUT2D eigenvalue weighted by atomic mass is 16.6. The molecule has 0 saturated carbocycles. The molecule has 0 radical (unpaired) electrons. The van der Waals surface area contributed by atoms with Gasteiger partial charge in [-0.1, -0.05) is 0 Å². The molecule has 1 unspecified atom stereocenters. The Morgan fingerprint density at radius 3 is 2.31 bits per heavy atom. The van der Waals surface area contributed by atoms with Crippen molar-refractivity contribution in [1.82, 2.24) is 9.80 Å². The third-order valence-corrected chi connectivity index (χ3v) is 2.08. The van der Waals surface area contributed by atoms with Gasteiger partial charge in [0.15, 0.2) is 0 Å². The summed E-state index contributed by atoms with van der Waals surface area (Å²) >= 11 is 0. The number of hydrogen-bond acceptors (Lipinski definition) is 5. The van der Waals surface area contributed by atoms with Crippen LogP contribution in [0.2, 0.25) is 0 Å². The van der Waals surface area contributed by atoms with E-state index in [9.17, 15) is 19.2 Å². The first kappa shape index (κ1) is 12.2. The fourth-order valence-electron chi connectivity index (χ4n) is 1.39. The normalized spacial score (nSPS) is 21.1. The molecule has 7 heteroatoms. The number of hydrogen-bond donors (Lipinski definition) is 0. The van der Waals surface area contributed by atoms with Crippen LogP contribution in [0.4, 0.5) is 0 Å². The van der Waals surface area contributed by atoms with Crippen LogP contribution in [0.5, 0.6) is 0 Å². The quantitative estimate of drug-likeness (QED) is 0.522. The fraction of sp³-hybridized carbons (Fsp3) is 0.556. The average molecular weight is 228 g/mol. The lowest BCUT2D eigenvalue weighted by atomic mass is 10.2.